The lowest BCUT2D eigenvalue weighted by Gasteiger charge is -2.35. The molecule has 2 heterocycles. The number of nitrogens with zero attached hydrogens (tertiary/aromatic N) is 2. The van der Waals surface area contributed by atoms with E-state index in [0.717, 1.165) is 38.0 Å². The second-order valence-electron chi connectivity index (χ2n) is 7.25. The normalized spacial score (nSPS) is 29.4. The Bertz CT molecular complexity index is 633. The van der Waals surface area contributed by atoms with Crippen LogP contribution in [0.5, 0.6) is 0 Å². The van der Waals surface area contributed by atoms with Crippen LogP contribution < -0.4 is 4.90 Å². The Morgan fingerprint density at radius 1 is 1.17 bits per heavy atom. The van der Waals surface area contributed by atoms with E-state index in [1.807, 2.05) is 28.0 Å². The van der Waals surface area contributed by atoms with E-state index in [4.69, 9.17) is 0 Å². The largest absolute Gasteiger partial charge is 0.311 e. The van der Waals surface area contributed by atoms with Gasteiger partial charge in [-0.3, -0.25) is 9.69 Å². The number of hydrogen-bond donors (Lipinski definition) is 0. The molecule has 2 fully saturated rings. The summed E-state index contributed by atoms with van der Waals surface area (Å²) < 4.78 is 27.2. The molecule has 4 rings (SSSR count). The van der Waals surface area contributed by atoms with Gasteiger partial charge in [-0.05, 0) is 43.9 Å². The number of alkyl halides is 2. The minimum atomic E-state index is -2.52. The van der Waals surface area contributed by atoms with E-state index < -0.39 is 11.3 Å². The van der Waals surface area contributed by atoms with Gasteiger partial charge in [0, 0.05) is 25.2 Å². The van der Waals surface area contributed by atoms with Gasteiger partial charge in [-0.2, -0.15) is 0 Å². The minimum absolute atomic E-state index is 0.00274. The molecule has 0 radical (unpaired) electrons. The summed E-state index contributed by atoms with van der Waals surface area (Å²) in [6.07, 6.45) is 3.32. The topological polar surface area (TPSA) is 23.6 Å². The summed E-state index contributed by atoms with van der Waals surface area (Å²) in [7, 11) is 0. The average molecular weight is 320 g/mol. The number of halogens is 2. The zero-order valence-corrected chi connectivity index (χ0v) is 13.2. The molecule has 1 aromatic carbocycles. The molecule has 1 saturated heterocycles. The van der Waals surface area contributed by atoms with Gasteiger partial charge in [0.1, 0.15) is 0 Å². The molecule has 0 aromatic heterocycles. The van der Waals surface area contributed by atoms with Gasteiger partial charge in [0.05, 0.1) is 12.0 Å². The van der Waals surface area contributed by atoms with Crippen molar-refractivity contribution in [3.05, 3.63) is 29.8 Å². The summed E-state index contributed by atoms with van der Waals surface area (Å²) in [6.45, 7) is 2.09. The first-order valence-electron chi connectivity index (χ1n) is 8.49. The number of carbonyl (C=O) groups excluding carboxylic acids is 1. The zero-order chi connectivity index (χ0) is 16.1. The maximum Gasteiger partial charge on any atom is 0.255 e. The van der Waals surface area contributed by atoms with Crippen molar-refractivity contribution >= 4 is 11.6 Å². The molecule has 3 aliphatic rings. The lowest BCUT2D eigenvalue weighted by molar-refractivity contribution is -0.120. The summed E-state index contributed by atoms with van der Waals surface area (Å²) in [5.74, 6) is -2.48. The quantitative estimate of drug-likeness (QED) is 0.836. The third-order valence-corrected chi connectivity index (χ3v) is 5.64. The van der Waals surface area contributed by atoms with Crippen molar-refractivity contribution in [2.45, 2.75) is 38.0 Å². The van der Waals surface area contributed by atoms with Gasteiger partial charge in [0.25, 0.3) is 5.92 Å². The molecule has 0 N–H and O–H groups in total. The van der Waals surface area contributed by atoms with Gasteiger partial charge in [-0.1, -0.05) is 18.2 Å². The van der Waals surface area contributed by atoms with Crippen LogP contribution in [0, 0.1) is 5.41 Å². The van der Waals surface area contributed by atoms with Crippen LogP contribution in [-0.2, 0) is 11.2 Å². The van der Waals surface area contributed by atoms with Crippen LogP contribution >= 0.6 is 0 Å². The smallest absolute Gasteiger partial charge is 0.255 e. The summed E-state index contributed by atoms with van der Waals surface area (Å²) in [4.78, 5) is 16.5. The molecule has 2 aliphatic heterocycles. The molecule has 5 heteroatoms. The van der Waals surface area contributed by atoms with Crippen molar-refractivity contribution in [1.29, 1.82) is 0 Å². The fourth-order valence-electron chi connectivity index (χ4n) is 4.26. The Hall–Kier alpha value is -1.49. The molecule has 1 saturated carbocycles. The Morgan fingerprint density at radius 2 is 1.96 bits per heavy atom. The highest BCUT2D eigenvalue weighted by Crippen LogP contribution is 2.64. The zero-order valence-electron chi connectivity index (χ0n) is 13.2. The summed E-state index contributed by atoms with van der Waals surface area (Å²) in [5.41, 5.74) is 1.36. The molecule has 3 nitrogen and oxygen atoms in total. The third-order valence-electron chi connectivity index (χ3n) is 5.64. The van der Waals surface area contributed by atoms with E-state index in [2.05, 4.69) is 6.07 Å². The summed E-state index contributed by atoms with van der Waals surface area (Å²) >= 11 is 0. The number of piperidine rings is 1. The van der Waals surface area contributed by atoms with Crippen LogP contribution in [0.25, 0.3) is 0 Å². The van der Waals surface area contributed by atoms with E-state index in [0.29, 0.717) is 13.0 Å². The first kappa shape index (κ1) is 15.1. The third kappa shape index (κ3) is 2.55. The molecule has 1 spiro atoms. The standard InChI is InChI=1S/C18H22F2N2O/c19-18(20)12-17(18)8-4-9-21(13-17)11-16(23)22-10-3-6-14-5-1-2-7-15(14)22/h1-2,5,7H,3-4,6,8-13H2. The Labute approximate surface area is 135 Å². The van der Waals surface area contributed by atoms with Crippen LogP contribution in [0.3, 0.4) is 0 Å². The van der Waals surface area contributed by atoms with Crippen molar-refractivity contribution in [2.24, 2.45) is 5.41 Å². The fourth-order valence-corrected chi connectivity index (χ4v) is 4.26. The van der Waals surface area contributed by atoms with Crippen LogP contribution in [0.15, 0.2) is 24.3 Å². The van der Waals surface area contributed by atoms with E-state index in [1.165, 1.54) is 5.56 Å². The van der Waals surface area contributed by atoms with Crippen LogP contribution in [0.1, 0.15) is 31.2 Å². The van der Waals surface area contributed by atoms with Gasteiger partial charge >= 0.3 is 0 Å². The summed E-state index contributed by atoms with van der Waals surface area (Å²) in [6, 6.07) is 8.00. The summed E-state index contributed by atoms with van der Waals surface area (Å²) in [5, 5.41) is 0. The van der Waals surface area contributed by atoms with Crippen molar-refractivity contribution in [2.75, 3.05) is 31.1 Å². The number of rotatable bonds is 2. The minimum Gasteiger partial charge on any atom is -0.311 e. The van der Waals surface area contributed by atoms with Gasteiger partial charge in [0.2, 0.25) is 5.91 Å². The molecule has 124 valence electrons. The number of para-hydroxylation sites is 1. The van der Waals surface area contributed by atoms with Crippen molar-refractivity contribution in [3.8, 4) is 0 Å². The Balaban J connectivity index is 1.45. The molecule has 1 aliphatic carbocycles. The first-order valence-corrected chi connectivity index (χ1v) is 8.49. The highest BCUT2D eigenvalue weighted by Gasteiger charge is 2.71. The molecule has 23 heavy (non-hydrogen) atoms. The van der Waals surface area contributed by atoms with E-state index in [9.17, 15) is 13.6 Å². The van der Waals surface area contributed by atoms with E-state index in [1.54, 1.807) is 0 Å². The number of likely N-dealkylation sites (tertiary alicyclic amines) is 1. The molecule has 0 bridgehead atoms. The lowest BCUT2D eigenvalue weighted by Crippen LogP contribution is -2.47. The number of carbonyl (C=O) groups is 1. The predicted octanol–water partition coefficient (Wildman–Crippen LogP) is 3.09. The SMILES string of the molecule is O=C(CN1CCCC2(C1)CC2(F)F)N1CCCc2ccccc21. The second-order valence-corrected chi connectivity index (χ2v) is 7.25. The number of fused-ring (bicyclic) bond motifs is 1. The van der Waals surface area contributed by atoms with Crippen LogP contribution in [0.2, 0.25) is 0 Å². The highest BCUT2D eigenvalue weighted by molar-refractivity contribution is 5.96. The molecule has 1 atom stereocenters. The van der Waals surface area contributed by atoms with Crippen LogP contribution in [0.4, 0.5) is 14.5 Å². The Kier molecular flexibility index (Phi) is 3.45. The number of hydrogen-bond acceptors (Lipinski definition) is 2. The molecular formula is C18H22F2N2O. The second kappa shape index (κ2) is 5.26. The van der Waals surface area contributed by atoms with Crippen molar-refractivity contribution in [1.82, 2.24) is 4.90 Å². The average Bonchev–Trinajstić information content (AvgIpc) is 3.05. The number of aryl methyl sites for hydroxylation is 1. The Morgan fingerprint density at radius 3 is 2.74 bits per heavy atom. The first-order chi connectivity index (χ1) is 11.0. The van der Waals surface area contributed by atoms with Gasteiger partial charge in [-0.25, -0.2) is 8.78 Å². The lowest BCUT2D eigenvalue weighted by atomic mass is 9.94. The van der Waals surface area contributed by atoms with Gasteiger partial charge in [-0.15, -0.1) is 0 Å². The fraction of sp³-hybridized carbons (Fsp3) is 0.611. The maximum absolute atomic E-state index is 13.6. The number of anilines is 1. The molecule has 1 unspecified atom stereocenters. The highest BCUT2D eigenvalue weighted by atomic mass is 19.3. The van der Waals surface area contributed by atoms with Gasteiger partial charge in [0.15, 0.2) is 0 Å². The monoisotopic (exact) mass is 320 g/mol. The number of amides is 1. The van der Waals surface area contributed by atoms with Crippen molar-refractivity contribution < 1.29 is 13.6 Å². The maximum atomic E-state index is 13.6. The molecule has 1 aromatic rings. The van der Waals surface area contributed by atoms with E-state index >= 15 is 0 Å². The number of benzene rings is 1. The molecule has 1 amide bonds. The molecular weight excluding hydrogens is 298 g/mol. The van der Waals surface area contributed by atoms with Crippen LogP contribution in [-0.4, -0.2) is 42.9 Å². The van der Waals surface area contributed by atoms with Gasteiger partial charge < -0.3 is 4.90 Å². The predicted molar refractivity (Wildman–Crippen MR) is 84.8 cm³/mol. The van der Waals surface area contributed by atoms with E-state index in [-0.39, 0.29) is 18.9 Å². The van der Waals surface area contributed by atoms with Crippen molar-refractivity contribution in [3.63, 3.8) is 0 Å².